The minimum Gasteiger partial charge on any atom is -0.478 e. The fourth-order valence-corrected chi connectivity index (χ4v) is 5.50. The van der Waals surface area contributed by atoms with Gasteiger partial charge in [0, 0.05) is 50.7 Å². The van der Waals surface area contributed by atoms with Crippen molar-refractivity contribution in [2.24, 2.45) is 12.0 Å². The third-order valence-corrected chi connectivity index (χ3v) is 7.17. The zero-order valence-corrected chi connectivity index (χ0v) is 18.5. The molecule has 2 aliphatic heterocycles. The van der Waals surface area contributed by atoms with E-state index in [1.807, 2.05) is 25.5 Å². The molecule has 4 heterocycles. The minimum atomic E-state index is 0.0882. The van der Waals surface area contributed by atoms with Crippen LogP contribution in [0.15, 0.2) is 28.1 Å². The van der Waals surface area contributed by atoms with Crippen LogP contribution in [-0.4, -0.2) is 46.2 Å². The van der Waals surface area contributed by atoms with Crippen LogP contribution in [0.4, 0.5) is 0 Å². The smallest absolute Gasteiger partial charge is 0.328 e. The summed E-state index contributed by atoms with van der Waals surface area (Å²) in [6.45, 7) is 4.24. The average Bonchev–Trinajstić information content (AvgIpc) is 3.08. The van der Waals surface area contributed by atoms with Gasteiger partial charge >= 0.3 is 5.69 Å². The van der Waals surface area contributed by atoms with Crippen LogP contribution in [0.2, 0.25) is 0 Å². The molecule has 0 aromatic carbocycles. The Labute approximate surface area is 183 Å². The molecular weight excluding hydrogens is 392 g/mol. The summed E-state index contributed by atoms with van der Waals surface area (Å²) in [5.41, 5.74) is 3.53. The first kappa shape index (κ1) is 20.5. The number of pyridine rings is 1. The van der Waals surface area contributed by atoms with Crippen LogP contribution in [0.3, 0.4) is 0 Å². The summed E-state index contributed by atoms with van der Waals surface area (Å²) in [7, 11) is 1.88. The SMILES string of the molecule is CCCOc1ccc(C2CCC3N=Cc4c(n(C5CCOCC5)c(=O)n4C)C3C2)cn1. The summed E-state index contributed by atoms with van der Waals surface area (Å²) in [6, 6.07) is 4.63. The molecule has 0 N–H and O–H groups in total. The Balaban J connectivity index is 1.44. The first-order valence-corrected chi connectivity index (χ1v) is 11.7. The standard InChI is InChI=1S/C24H32N4O3/c1-3-10-31-22-7-5-17(14-26-22)16-4-6-20-19(13-16)23-21(15-25-20)27(2)24(29)28(23)18-8-11-30-12-9-18/h5,7,14-16,18-20H,3-4,6,8-13H2,1-2H3. The number of hydrogen-bond donors (Lipinski definition) is 0. The Bertz CT molecular complexity index is 1000. The first-order valence-electron chi connectivity index (χ1n) is 11.7. The van der Waals surface area contributed by atoms with E-state index in [1.54, 1.807) is 4.57 Å². The molecule has 3 atom stereocenters. The molecule has 166 valence electrons. The van der Waals surface area contributed by atoms with Crippen LogP contribution in [-0.2, 0) is 11.8 Å². The van der Waals surface area contributed by atoms with Gasteiger partial charge in [0.1, 0.15) is 0 Å². The lowest BCUT2D eigenvalue weighted by molar-refractivity contribution is 0.0672. The monoisotopic (exact) mass is 424 g/mol. The normalized spacial score (nSPS) is 25.8. The molecule has 0 radical (unpaired) electrons. The third kappa shape index (κ3) is 3.73. The van der Waals surface area contributed by atoms with Crippen LogP contribution in [0.5, 0.6) is 5.88 Å². The van der Waals surface area contributed by atoms with E-state index in [4.69, 9.17) is 14.5 Å². The second kappa shape index (κ2) is 8.61. The fraction of sp³-hybridized carbons (Fsp3) is 0.625. The Morgan fingerprint density at radius 3 is 2.77 bits per heavy atom. The summed E-state index contributed by atoms with van der Waals surface area (Å²) in [5.74, 6) is 1.39. The maximum atomic E-state index is 13.2. The molecule has 3 aliphatic rings. The van der Waals surface area contributed by atoms with Gasteiger partial charge in [-0.2, -0.15) is 0 Å². The van der Waals surface area contributed by atoms with Crippen molar-refractivity contribution in [1.29, 1.82) is 0 Å². The molecular formula is C24H32N4O3. The number of nitrogens with zero attached hydrogens (tertiary/aromatic N) is 4. The number of imidazole rings is 1. The molecule has 0 amide bonds. The van der Waals surface area contributed by atoms with Crippen molar-refractivity contribution in [2.75, 3.05) is 19.8 Å². The average molecular weight is 425 g/mol. The maximum Gasteiger partial charge on any atom is 0.328 e. The molecule has 3 unspecified atom stereocenters. The Hall–Kier alpha value is -2.41. The third-order valence-electron chi connectivity index (χ3n) is 7.17. The van der Waals surface area contributed by atoms with Gasteiger partial charge < -0.3 is 9.47 Å². The van der Waals surface area contributed by atoms with Crippen molar-refractivity contribution < 1.29 is 9.47 Å². The second-order valence-electron chi connectivity index (χ2n) is 9.07. The molecule has 0 spiro atoms. The van der Waals surface area contributed by atoms with E-state index in [-0.39, 0.29) is 23.7 Å². The molecule has 2 fully saturated rings. The van der Waals surface area contributed by atoms with E-state index in [2.05, 4.69) is 22.5 Å². The first-order chi connectivity index (χ1) is 15.2. The summed E-state index contributed by atoms with van der Waals surface area (Å²) < 4.78 is 15.1. The van der Waals surface area contributed by atoms with Gasteiger partial charge in [0.05, 0.1) is 24.0 Å². The second-order valence-corrected chi connectivity index (χ2v) is 9.07. The van der Waals surface area contributed by atoms with Gasteiger partial charge in [0.25, 0.3) is 0 Å². The quantitative estimate of drug-likeness (QED) is 0.736. The van der Waals surface area contributed by atoms with E-state index in [0.717, 1.165) is 57.4 Å². The van der Waals surface area contributed by atoms with Gasteiger partial charge in [-0.15, -0.1) is 0 Å². The lowest BCUT2D eigenvalue weighted by atomic mass is 9.73. The van der Waals surface area contributed by atoms with Crippen molar-refractivity contribution in [2.45, 2.75) is 69.4 Å². The van der Waals surface area contributed by atoms with Crippen molar-refractivity contribution in [3.63, 3.8) is 0 Å². The highest BCUT2D eigenvalue weighted by molar-refractivity contribution is 5.81. The van der Waals surface area contributed by atoms with Crippen molar-refractivity contribution >= 4 is 6.21 Å². The highest BCUT2D eigenvalue weighted by Gasteiger charge is 2.40. The van der Waals surface area contributed by atoms with Gasteiger partial charge in [-0.3, -0.25) is 14.1 Å². The molecule has 2 aromatic rings. The predicted molar refractivity (Wildman–Crippen MR) is 120 cm³/mol. The molecule has 7 nitrogen and oxygen atoms in total. The number of rotatable bonds is 5. The van der Waals surface area contributed by atoms with E-state index < -0.39 is 0 Å². The van der Waals surface area contributed by atoms with Crippen LogP contribution in [0, 0.1) is 0 Å². The van der Waals surface area contributed by atoms with E-state index in [0.29, 0.717) is 18.4 Å². The van der Waals surface area contributed by atoms with E-state index in [9.17, 15) is 4.79 Å². The van der Waals surface area contributed by atoms with Gasteiger partial charge in [-0.25, -0.2) is 9.78 Å². The molecule has 5 rings (SSSR count). The van der Waals surface area contributed by atoms with Crippen LogP contribution >= 0.6 is 0 Å². The van der Waals surface area contributed by atoms with Gasteiger partial charge in [0.15, 0.2) is 0 Å². The summed E-state index contributed by atoms with van der Waals surface area (Å²) in [4.78, 5) is 22.6. The predicted octanol–water partition coefficient (Wildman–Crippen LogP) is 3.57. The van der Waals surface area contributed by atoms with Crippen molar-refractivity contribution in [3.8, 4) is 5.88 Å². The van der Waals surface area contributed by atoms with E-state index >= 15 is 0 Å². The number of fused-ring (bicyclic) bond motifs is 3. The minimum absolute atomic E-state index is 0.0882. The molecule has 1 saturated heterocycles. The van der Waals surface area contributed by atoms with Gasteiger partial charge in [-0.05, 0) is 50.0 Å². The largest absolute Gasteiger partial charge is 0.478 e. The highest BCUT2D eigenvalue weighted by atomic mass is 16.5. The fourth-order valence-electron chi connectivity index (χ4n) is 5.50. The van der Waals surface area contributed by atoms with Crippen molar-refractivity contribution in [1.82, 2.24) is 14.1 Å². The molecule has 2 aromatic heterocycles. The molecule has 31 heavy (non-hydrogen) atoms. The van der Waals surface area contributed by atoms with Crippen LogP contribution < -0.4 is 10.4 Å². The lowest BCUT2D eigenvalue weighted by Gasteiger charge is -2.38. The van der Waals surface area contributed by atoms with Crippen LogP contribution in [0.1, 0.15) is 80.3 Å². The molecule has 1 saturated carbocycles. The number of aliphatic imine (C=N–C) groups is 1. The maximum absolute atomic E-state index is 13.2. The summed E-state index contributed by atoms with van der Waals surface area (Å²) in [6.07, 6.45) is 9.82. The van der Waals surface area contributed by atoms with E-state index in [1.165, 1.54) is 11.3 Å². The Morgan fingerprint density at radius 2 is 2.03 bits per heavy atom. The lowest BCUT2D eigenvalue weighted by Crippen LogP contribution is -2.35. The van der Waals surface area contributed by atoms with Gasteiger partial charge in [-0.1, -0.05) is 13.0 Å². The number of ether oxygens (including phenoxy) is 2. The molecule has 1 aliphatic carbocycles. The molecule has 0 bridgehead atoms. The highest BCUT2D eigenvalue weighted by Crippen LogP contribution is 2.45. The topological polar surface area (TPSA) is 70.6 Å². The van der Waals surface area contributed by atoms with Crippen LogP contribution in [0.25, 0.3) is 0 Å². The number of aromatic nitrogens is 3. The zero-order chi connectivity index (χ0) is 21.4. The van der Waals surface area contributed by atoms with Crippen molar-refractivity contribution in [3.05, 3.63) is 45.8 Å². The Kier molecular flexibility index (Phi) is 5.69. The summed E-state index contributed by atoms with van der Waals surface area (Å²) in [5, 5.41) is 0. The summed E-state index contributed by atoms with van der Waals surface area (Å²) >= 11 is 0. The number of hydrogen-bond acceptors (Lipinski definition) is 5. The van der Waals surface area contributed by atoms with Gasteiger partial charge in [0.2, 0.25) is 5.88 Å². The zero-order valence-electron chi connectivity index (χ0n) is 18.5. The molecule has 7 heteroatoms. The Morgan fingerprint density at radius 1 is 1.19 bits per heavy atom.